The van der Waals surface area contributed by atoms with Crippen LogP contribution >= 0.6 is 0 Å². The molecule has 0 radical (unpaired) electrons. The number of carbonyl (C=O) groups excluding carboxylic acids is 1. The lowest BCUT2D eigenvalue weighted by Gasteiger charge is -2.30. The summed E-state index contributed by atoms with van der Waals surface area (Å²) in [7, 11) is 0. The second-order valence-corrected chi connectivity index (χ2v) is 6.08. The largest absolute Gasteiger partial charge is 0.480 e. The first-order valence-corrected chi connectivity index (χ1v) is 7.40. The van der Waals surface area contributed by atoms with E-state index in [1.54, 1.807) is 0 Å². The predicted octanol–water partition coefficient (Wildman–Crippen LogP) is 0.0586. The molecule has 0 aromatic rings. The van der Waals surface area contributed by atoms with Crippen LogP contribution in [0, 0.1) is 11.8 Å². The number of β-amino-alcohol motifs (C(OH)–C–C–N with tert-alkyl or cyclic N) is 1. The first-order valence-electron chi connectivity index (χ1n) is 7.40. The summed E-state index contributed by atoms with van der Waals surface area (Å²) in [4.78, 5) is 24.8. The number of nitrogens with zero attached hydrogens (tertiary/aromatic N) is 1. The van der Waals surface area contributed by atoms with Gasteiger partial charge in [-0.15, -0.1) is 0 Å². The molecule has 0 bridgehead atoms. The third-order valence-corrected chi connectivity index (χ3v) is 4.52. The fourth-order valence-electron chi connectivity index (χ4n) is 3.25. The number of aliphatic hydroxyl groups excluding tert-OH is 1. The Morgan fingerprint density at radius 1 is 1.45 bits per heavy atom. The molecule has 114 valence electrons. The SMILES string of the molecule is CC(CC(=O)N1C[C@H](O)C[C@@H]1C(=O)O)C1CCCNC1. The van der Waals surface area contributed by atoms with Crippen LogP contribution in [0.4, 0.5) is 0 Å². The van der Waals surface area contributed by atoms with Gasteiger partial charge in [-0.2, -0.15) is 0 Å². The molecule has 6 heteroatoms. The molecule has 2 aliphatic heterocycles. The molecular weight excluding hydrogens is 260 g/mol. The van der Waals surface area contributed by atoms with E-state index in [-0.39, 0.29) is 24.8 Å². The molecule has 2 heterocycles. The van der Waals surface area contributed by atoms with Gasteiger partial charge < -0.3 is 20.4 Å². The molecule has 2 saturated heterocycles. The molecule has 2 fully saturated rings. The second-order valence-electron chi connectivity index (χ2n) is 6.08. The number of carboxylic acid groups (broad SMARTS) is 1. The van der Waals surface area contributed by atoms with Crippen LogP contribution in [0.5, 0.6) is 0 Å². The van der Waals surface area contributed by atoms with Gasteiger partial charge in [-0.3, -0.25) is 4.79 Å². The molecule has 2 rings (SSSR count). The number of piperidine rings is 1. The minimum Gasteiger partial charge on any atom is -0.480 e. The third-order valence-electron chi connectivity index (χ3n) is 4.52. The van der Waals surface area contributed by atoms with E-state index in [2.05, 4.69) is 12.2 Å². The minimum atomic E-state index is -1.03. The fraction of sp³-hybridized carbons (Fsp3) is 0.857. The van der Waals surface area contributed by atoms with Gasteiger partial charge in [0.2, 0.25) is 5.91 Å². The molecule has 1 amide bonds. The number of aliphatic hydroxyl groups is 1. The van der Waals surface area contributed by atoms with E-state index in [9.17, 15) is 14.7 Å². The summed E-state index contributed by atoms with van der Waals surface area (Å²) < 4.78 is 0. The van der Waals surface area contributed by atoms with Crippen LogP contribution in [0.3, 0.4) is 0 Å². The summed E-state index contributed by atoms with van der Waals surface area (Å²) in [5, 5.41) is 22.0. The smallest absolute Gasteiger partial charge is 0.326 e. The van der Waals surface area contributed by atoms with Crippen molar-refractivity contribution in [2.24, 2.45) is 11.8 Å². The average molecular weight is 284 g/mol. The first kappa shape index (κ1) is 15.3. The zero-order valence-electron chi connectivity index (χ0n) is 11.9. The molecule has 0 aromatic heterocycles. The van der Waals surface area contributed by atoms with Crippen molar-refractivity contribution < 1.29 is 19.8 Å². The maximum Gasteiger partial charge on any atom is 0.326 e. The van der Waals surface area contributed by atoms with E-state index in [1.807, 2.05) is 0 Å². The Morgan fingerprint density at radius 2 is 2.20 bits per heavy atom. The number of nitrogens with one attached hydrogen (secondary N) is 1. The van der Waals surface area contributed by atoms with Crippen LogP contribution in [0.15, 0.2) is 0 Å². The van der Waals surface area contributed by atoms with Crippen molar-refractivity contribution in [1.82, 2.24) is 10.2 Å². The highest BCUT2D eigenvalue weighted by Gasteiger charge is 2.39. The van der Waals surface area contributed by atoms with Crippen LogP contribution in [0.1, 0.15) is 32.6 Å². The van der Waals surface area contributed by atoms with Crippen molar-refractivity contribution in [2.45, 2.75) is 44.8 Å². The number of amides is 1. The highest BCUT2D eigenvalue weighted by atomic mass is 16.4. The Hall–Kier alpha value is -1.14. The monoisotopic (exact) mass is 284 g/mol. The molecule has 4 atom stereocenters. The number of aliphatic carboxylic acids is 1. The van der Waals surface area contributed by atoms with Gasteiger partial charge in [0.1, 0.15) is 6.04 Å². The van der Waals surface area contributed by atoms with Crippen LogP contribution < -0.4 is 5.32 Å². The zero-order chi connectivity index (χ0) is 14.7. The molecule has 0 aliphatic carbocycles. The second kappa shape index (κ2) is 6.54. The van der Waals surface area contributed by atoms with E-state index in [1.165, 1.54) is 4.90 Å². The number of rotatable bonds is 4. The Balaban J connectivity index is 1.91. The highest BCUT2D eigenvalue weighted by Crippen LogP contribution is 2.26. The van der Waals surface area contributed by atoms with Crippen molar-refractivity contribution in [3.63, 3.8) is 0 Å². The van der Waals surface area contributed by atoms with Gasteiger partial charge in [-0.25, -0.2) is 4.79 Å². The zero-order valence-corrected chi connectivity index (χ0v) is 11.9. The predicted molar refractivity (Wildman–Crippen MR) is 73.1 cm³/mol. The van der Waals surface area contributed by atoms with Gasteiger partial charge in [0.05, 0.1) is 6.10 Å². The summed E-state index contributed by atoms with van der Waals surface area (Å²) in [6.45, 7) is 4.17. The maximum absolute atomic E-state index is 12.3. The number of likely N-dealkylation sites (tertiary alicyclic amines) is 1. The number of hydrogen-bond donors (Lipinski definition) is 3. The minimum absolute atomic E-state index is 0.139. The summed E-state index contributed by atoms with van der Waals surface area (Å²) in [5.74, 6) is -0.458. The number of carboxylic acids is 1. The van der Waals surface area contributed by atoms with Gasteiger partial charge in [0, 0.05) is 19.4 Å². The van der Waals surface area contributed by atoms with Crippen molar-refractivity contribution in [1.29, 1.82) is 0 Å². The Kier molecular flexibility index (Phi) is 4.99. The normalized spacial score (nSPS) is 32.1. The molecular formula is C14H24N2O4. The summed E-state index contributed by atoms with van der Waals surface area (Å²) in [6, 6.07) is -0.866. The van der Waals surface area contributed by atoms with Gasteiger partial charge in [0.25, 0.3) is 0 Å². The summed E-state index contributed by atoms with van der Waals surface area (Å²) in [5.41, 5.74) is 0. The molecule has 6 nitrogen and oxygen atoms in total. The molecule has 0 spiro atoms. The standard InChI is InChI=1S/C14H24N2O4/c1-9(10-3-2-4-15-7-10)5-13(18)16-8-11(17)6-12(16)14(19)20/h9-12,15,17H,2-8H2,1H3,(H,19,20)/t9?,10?,11-,12-/m1/s1. The average Bonchev–Trinajstić information content (AvgIpc) is 2.82. The Bertz CT molecular complexity index is 368. The lowest BCUT2D eigenvalue weighted by molar-refractivity contribution is -0.148. The summed E-state index contributed by atoms with van der Waals surface area (Å²) in [6.07, 6.45) is 2.03. The quantitative estimate of drug-likeness (QED) is 0.679. The van der Waals surface area contributed by atoms with Crippen molar-refractivity contribution in [3.05, 3.63) is 0 Å². The van der Waals surface area contributed by atoms with E-state index in [0.717, 1.165) is 25.9 Å². The topological polar surface area (TPSA) is 89.9 Å². The van der Waals surface area contributed by atoms with Gasteiger partial charge >= 0.3 is 5.97 Å². The van der Waals surface area contributed by atoms with Crippen LogP contribution in [0.25, 0.3) is 0 Å². The van der Waals surface area contributed by atoms with Crippen molar-refractivity contribution in [3.8, 4) is 0 Å². The summed E-state index contributed by atoms with van der Waals surface area (Å²) >= 11 is 0. The molecule has 0 saturated carbocycles. The first-order chi connectivity index (χ1) is 9.49. The number of carbonyl (C=O) groups is 2. The van der Waals surface area contributed by atoms with Crippen molar-refractivity contribution in [2.75, 3.05) is 19.6 Å². The Morgan fingerprint density at radius 3 is 2.80 bits per heavy atom. The number of hydrogen-bond acceptors (Lipinski definition) is 4. The molecule has 20 heavy (non-hydrogen) atoms. The fourth-order valence-corrected chi connectivity index (χ4v) is 3.25. The lowest BCUT2D eigenvalue weighted by atomic mass is 9.85. The molecule has 0 aromatic carbocycles. The molecule has 3 N–H and O–H groups in total. The lowest BCUT2D eigenvalue weighted by Crippen LogP contribution is -2.42. The van der Waals surface area contributed by atoms with E-state index in [4.69, 9.17) is 5.11 Å². The van der Waals surface area contributed by atoms with Gasteiger partial charge in [0.15, 0.2) is 0 Å². The maximum atomic E-state index is 12.3. The third kappa shape index (κ3) is 3.49. The van der Waals surface area contributed by atoms with Crippen LogP contribution in [0.2, 0.25) is 0 Å². The molecule has 2 aliphatic rings. The van der Waals surface area contributed by atoms with Crippen molar-refractivity contribution >= 4 is 11.9 Å². The van der Waals surface area contributed by atoms with E-state index in [0.29, 0.717) is 12.3 Å². The van der Waals surface area contributed by atoms with Crippen LogP contribution in [-0.2, 0) is 9.59 Å². The van der Waals surface area contributed by atoms with Gasteiger partial charge in [-0.05, 0) is 37.8 Å². The van der Waals surface area contributed by atoms with Crippen LogP contribution in [-0.4, -0.2) is 58.8 Å². The van der Waals surface area contributed by atoms with E-state index >= 15 is 0 Å². The van der Waals surface area contributed by atoms with E-state index < -0.39 is 18.1 Å². The molecule has 2 unspecified atom stereocenters. The van der Waals surface area contributed by atoms with Gasteiger partial charge in [-0.1, -0.05) is 6.92 Å². The Labute approximate surface area is 119 Å². The highest BCUT2D eigenvalue weighted by molar-refractivity contribution is 5.84.